The van der Waals surface area contributed by atoms with Gasteiger partial charge in [-0.05, 0) is 37.9 Å². The maximum absolute atomic E-state index is 5.50. The molecule has 4 nitrogen and oxygen atoms in total. The van der Waals surface area contributed by atoms with Gasteiger partial charge in [-0.2, -0.15) is 4.98 Å². The standard InChI is InChI=1S/C15H18BrN3O/c1-15(7-4-8-17-10-15)14-18-13(19-20-14)9-11-5-2-3-6-12(11)16/h2-3,5-6,17H,4,7-10H2,1H3. The summed E-state index contributed by atoms with van der Waals surface area (Å²) in [6.45, 7) is 4.17. The van der Waals surface area contributed by atoms with Gasteiger partial charge in [-0.25, -0.2) is 0 Å². The second-order valence-corrected chi connectivity index (χ2v) is 6.48. The summed E-state index contributed by atoms with van der Waals surface area (Å²) in [4.78, 5) is 4.60. The number of aromatic nitrogens is 2. The van der Waals surface area contributed by atoms with Crippen molar-refractivity contribution in [2.75, 3.05) is 13.1 Å². The summed E-state index contributed by atoms with van der Waals surface area (Å²) in [5.41, 5.74) is 1.14. The first kappa shape index (κ1) is 13.8. The van der Waals surface area contributed by atoms with Gasteiger partial charge in [-0.3, -0.25) is 0 Å². The van der Waals surface area contributed by atoms with E-state index in [0.29, 0.717) is 6.42 Å². The largest absolute Gasteiger partial charge is 0.339 e. The fourth-order valence-electron chi connectivity index (χ4n) is 2.62. The number of halogens is 1. The Balaban J connectivity index is 1.78. The van der Waals surface area contributed by atoms with E-state index in [0.717, 1.165) is 42.1 Å². The molecular formula is C15H18BrN3O. The van der Waals surface area contributed by atoms with E-state index in [9.17, 15) is 0 Å². The molecule has 1 saturated heterocycles. The topological polar surface area (TPSA) is 51.0 Å². The van der Waals surface area contributed by atoms with Gasteiger partial charge in [-0.15, -0.1) is 0 Å². The van der Waals surface area contributed by atoms with Gasteiger partial charge in [-0.1, -0.05) is 39.3 Å². The predicted molar refractivity (Wildman–Crippen MR) is 80.7 cm³/mol. The second-order valence-electron chi connectivity index (χ2n) is 5.62. The molecule has 1 aliphatic heterocycles. The van der Waals surface area contributed by atoms with Crippen LogP contribution in [0.2, 0.25) is 0 Å². The van der Waals surface area contributed by atoms with Crippen LogP contribution in [0.3, 0.4) is 0 Å². The fraction of sp³-hybridized carbons (Fsp3) is 0.467. The lowest BCUT2D eigenvalue weighted by molar-refractivity contribution is 0.245. The van der Waals surface area contributed by atoms with Crippen LogP contribution in [-0.4, -0.2) is 23.2 Å². The van der Waals surface area contributed by atoms with Crippen LogP contribution in [0.5, 0.6) is 0 Å². The number of hydrogen-bond donors (Lipinski definition) is 1. The lowest BCUT2D eigenvalue weighted by Gasteiger charge is -2.30. The Bertz CT molecular complexity index is 590. The normalized spacial score (nSPS) is 22.9. The first-order valence-corrected chi connectivity index (χ1v) is 7.74. The smallest absolute Gasteiger partial charge is 0.233 e. The molecule has 2 heterocycles. The van der Waals surface area contributed by atoms with Crippen molar-refractivity contribution in [1.29, 1.82) is 0 Å². The summed E-state index contributed by atoms with van der Waals surface area (Å²) in [6.07, 6.45) is 2.93. The molecule has 1 aliphatic rings. The minimum Gasteiger partial charge on any atom is -0.339 e. The Morgan fingerprint density at radius 2 is 2.25 bits per heavy atom. The van der Waals surface area contributed by atoms with E-state index in [4.69, 9.17) is 4.52 Å². The maximum atomic E-state index is 5.50. The Morgan fingerprint density at radius 3 is 3.00 bits per heavy atom. The molecule has 5 heteroatoms. The van der Waals surface area contributed by atoms with Crippen molar-refractivity contribution < 1.29 is 4.52 Å². The molecule has 1 aromatic heterocycles. The summed E-state index contributed by atoms with van der Waals surface area (Å²) in [5, 5.41) is 7.54. The fourth-order valence-corrected chi connectivity index (χ4v) is 3.05. The highest BCUT2D eigenvalue weighted by atomic mass is 79.9. The molecule has 1 N–H and O–H groups in total. The third kappa shape index (κ3) is 2.79. The molecule has 1 fully saturated rings. The number of nitrogens with one attached hydrogen (secondary N) is 1. The predicted octanol–water partition coefficient (Wildman–Crippen LogP) is 3.06. The molecule has 106 valence electrons. The molecule has 0 amide bonds. The van der Waals surface area contributed by atoms with Crippen molar-refractivity contribution >= 4 is 15.9 Å². The van der Waals surface area contributed by atoms with Gasteiger partial charge in [0.2, 0.25) is 5.89 Å². The first-order valence-electron chi connectivity index (χ1n) is 6.95. The van der Waals surface area contributed by atoms with E-state index in [-0.39, 0.29) is 5.41 Å². The molecule has 3 rings (SSSR count). The van der Waals surface area contributed by atoms with Crippen LogP contribution in [0, 0.1) is 0 Å². The lowest BCUT2D eigenvalue weighted by atomic mass is 9.83. The Kier molecular flexibility index (Phi) is 3.89. The van der Waals surface area contributed by atoms with Crippen LogP contribution in [0.1, 0.15) is 37.0 Å². The molecule has 0 saturated carbocycles. The molecule has 0 radical (unpaired) electrons. The molecule has 1 aromatic carbocycles. The molecule has 0 aliphatic carbocycles. The Hall–Kier alpha value is -1.20. The quantitative estimate of drug-likeness (QED) is 0.936. The van der Waals surface area contributed by atoms with Crippen LogP contribution < -0.4 is 5.32 Å². The number of benzene rings is 1. The van der Waals surface area contributed by atoms with E-state index >= 15 is 0 Å². The first-order chi connectivity index (χ1) is 9.67. The minimum atomic E-state index is -0.0303. The van der Waals surface area contributed by atoms with Crippen molar-refractivity contribution in [2.24, 2.45) is 0 Å². The minimum absolute atomic E-state index is 0.0303. The molecule has 0 spiro atoms. The third-order valence-electron chi connectivity index (χ3n) is 3.89. The zero-order valence-corrected chi connectivity index (χ0v) is 13.1. The highest BCUT2D eigenvalue weighted by molar-refractivity contribution is 9.10. The van der Waals surface area contributed by atoms with Crippen LogP contribution >= 0.6 is 15.9 Å². The molecule has 2 aromatic rings. The van der Waals surface area contributed by atoms with Crippen LogP contribution in [-0.2, 0) is 11.8 Å². The summed E-state index contributed by atoms with van der Waals surface area (Å²) in [7, 11) is 0. The van der Waals surface area contributed by atoms with Crippen LogP contribution in [0.15, 0.2) is 33.3 Å². The SMILES string of the molecule is CC1(c2nc(Cc3ccccc3Br)no2)CCCNC1. The van der Waals surface area contributed by atoms with Gasteiger partial charge in [0.25, 0.3) is 0 Å². The summed E-state index contributed by atoms with van der Waals surface area (Å²) in [5.74, 6) is 1.51. The monoisotopic (exact) mass is 335 g/mol. The van der Waals surface area contributed by atoms with Gasteiger partial charge >= 0.3 is 0 Å². The van der Waals surface area contributed by atoms with Crippen molar-refractivity contribution in [3.8, 4) is 0 Å². The van der Waals surface area contributed by atoms with E-state index in [1.807, 2.05) is 18.2 Å². The molecule has 20 heavy (non-hydrogen) atoms. The van der Waals surface area contributed by atoms with Gasteiger partial charge in [0.15, 0.2) is 5.82 Å². The number of piperidine rings is 1. The lowest BCUT2D eigenvalue weighted by Crippen LogP contribution is -2.41. The van der Waals surface area contributed by atoms with E-state index < -0.39 is 0 Å². The molecular weight excluding hydrogens is 318 g/mol. The van der Waals surface area contributed by atoms with E-state index in [2.05, 4.69) is 44.4 Å². The highest BCUT2D eigenvalue weighted by Gasteiger charge is 2.34. The van der Waals surface area contributed by atoms with Crippen molar-refractivity contribution in [1.82, 2.24) is 15.5 Å². The van der Waals surface area contributed by atoms with E-state index in [1.54, 1.807) is 0 Å². The number of rotatable bonds is 3. The summed E-state index contributed by atoms with van der Waals surface area (Å²) < 4.78 is 6.58. The molecule has 0 bridgehead atoms. The summed E-state index contributed by atoms with van der Waals surface area (Å²) in [6, 6.07) is 8.13. The molecule has 1 atom stereocenters. The van der Waals surface area contributed by atoms with Gasteiger partial charge in [0, 0.05) is 17.4 Å². The Morgan fingerprint density at radius 1 is 1.40 bits per heavy atom. The van der Waals surface area contributed by atoms with Crippen molar-refractivity contribution in [3.63, 3.8) is 0 Å². The highest BCUT2D eigenvalue weighted by Crippen LogP contribution is 2.29. The zero-order chi connectivity index (χ0) is 14.0. The van der Waals surface area contributed by atoms with Crippen LogP contribution in [0.25, 0.3) is 0 Å². The van der Waals surface area contributed by atoms with E-state index in [1.165, 1.54) is 5.56 Å². The second kappa shape index (κ2) is 5.66. The molecule has 1 unspecified atom stereocenters. The van der Waals surface area contributed by atoms with Crippen LogP contribution in [0.4, 0.5) is 0 Å². The van der Waals surface area contributed by atoms with Crippen molar-refractivity contribution in [2.45, 2.75) is 31.6 Å². The summed E-state index contributed by atoms with van der Waals surface area (Å²) >= 11 is 3.55. The number of nitrogens with zero attached hydrogens (tertiary/aromatic N) is 2. The zero-order valence-electron chi connectivity index (χ0n) is 11.5. The van der Waals surface area contributed by atoms with Crippen molar-refractivity contribution in [3.05, 3.63) is 46.0 Å². The van der Waals surface area contributed by atoms with Gasteiger partial charge in [0.1, 0.15) is 0 Å². The number of hydrogen-bond acceptors (Lipinski definition) is 4. The average Bonchev–Trinajstić information content (AvgIpc) is 2.92. The van der Waals surface area contributed by atoms with Gasteiger partial charge < -0.3 is 9.84 Å². The average molecular weight is 336 g/mol. The Labute approximate surface area is 127 Å². The van der Waals surface area contributed by atoms with Gasteiger partial charge in [0.05, 0.1) is 5.41 Å². The third-order valence-corrected chi connectivity index (χ3v) is 4.66. The maximum Gasteiger partial charge on any atom is 0.233 e.